The zero-order valence-electron chi connectivity index (χ0n) is 17.5. The van der Waals surface area contributed by atoms with Gasteiger partial charge in [-0.05, 0) is 57.8 Å². The maximum atomic E-state index is 11.4. The summed E-state index contributed by atoms with van der Waals surface area (Å²) in [4.78, 5) is 11.4. The molecule has 0 aromatic heterocycles. The molecule has 0 aliphatic heterocycles. The molecule has 1 aliphatic carbocycles. The minimum Gasteiger partial charge on any atom is -0.461 e. The summed E-state index contributed by atoms with van der Waals surface area (Å²) in [6.07, 6.45) is 13.1. The molecule has 166 valence electrons. The van der Waals surface area contributed by atoms with Crippen LogP contribution < -0.4 is 0 Å². The van der Waals surface area contributed by atoms with Crippen LogP contribution in [0.4, 0.5) is 0 Å². The van der Waals surface area contributed by atoms with Crippen LogP contribution in [-0.2, 0) is 9.53 Å². The molecule has 3 N–H and O–H groups in total. The van der Waals surface area contributed by atoms with E-state index in [0.29, 0.717) is 25.7 Å². The van der Waals surface area contributed by atoms with Crippen molar-refractivity contribution in [1.82, 2.24) is 0 Å². The Balaban J connectivity index is 2.40. The van der Waals surface area contributed by atoms with Crippen molar-refractivity contribution in [3.63, 3.8) is 0 Å². The van der Waals surface area contributed by atoms with Gasteiger partial charge in [0.25, 0.3) is 0 Å². The largest absolute Gasteiger partial charge is 0.461 e. The van der Waals surface area contributed by atoms with E-state index in [-0.39, 0.29) is 35.9 Å². The minimum absolute atomic E-state index is 0.0811. The molecule has 6 heteroatoms. The lowest BCUT2D eigenvalue weighted by Crippen LogP contribution is -2.19. The van der Waals surface area contributed by atoms with Crippen molar-refractivity contribution in [3.05, 3.63) is 37.0 Å². The summed E-state index contributed by atoms with van der Waals surface area (Å²) in [5.74, 6) is -0.181. The predicted octanol–water partition coefficient (Wildman–Crippen LogP) is 3.90. The van der Waals surface area contributed by atoms with Crippen LogP contribution in [0.2, 0.25) is 0 Å². The Bertz CT molecular complexity index is 531. The van der Waals surface area contributed by atoms with E-state index in [4.69, 9.17) is 16.3 Å². The lowest BCUT2D eigenvalue weighted by molar-refractivity contribution is -0.142. The Morgan fingerprint density at radius 1 is 1.28 bits per heavy atom. The average Bonchev–Trinajstić information content (AvgIpc) is 2.93. The molecule has 0 saturated heterocycles. The summed E-state index contributed by atoms with van der Waals surface area (Å²) in [6, 6.07) is 0. The van der Waals surface area contributed by atoms with E-state index in [1.165, 1.54) is 0 Å². The first-order valence-corrected chi connectivity index (χ1v) is 11.1. The molecule has 1 fully saturated rings. The predicted molar refractivity (Wildman–Crippen MR) is 117 cm³/mol. The van der Waals surface area contributed by atoms with Crippen LogP contribution >= 0.6 is 11.6 Å². The quantitative estimate of drug-likeness (QED) is 0.169. The zero-order valence-corrected chi connectivity index (χ0v) is 18.2. The van der Waals surface area contributed by atoms with Crippen molar-refractivity contribution in [2.24, 2.45) is 11.8 Å². The number of hydrogen-bond donors (Lipinski definition) is 3. The number of ether oxygens (including phenoxy) is 1. The van der Waals surface area contributed by atoms with E-state index in [1.807, 2.05) is 12.2 Å². The molecule has 0 radical (unpaired) electrons. The van der Waals surface area contributed by atoms with E-state index >= 15 is 0 Å². The molecular weight excluding hydrogens is 392 g/mol. The standard InChI is InChI=1S/C23H37ClO5/c1-3-15-29-23(28)12-7-5-4-6-11-19-20(22(27)16-21(19)24)14-13-18(26)10-8-9-17(2)25/h3-4,6,13-14,17-22,25-27H,1,5,7-12,15-16H2,2H3/b6-4-,14-13+/t17-,18+,19-,20-,21-,22-/m1/s1. The van der Waals surface area contributed by atoms with Crippen LogP contribution in [0.5, 0.6) is 0 Å². The van der Waals surface area contributed by atoms with Crippen molar-refractivity contribution >= 4 is 17.6 Å². The van der Waals surface area contributed by atoms with Crippen molar-refractivity contribution in [1.29, 1.82) is 0 Å². The number of rotatable bonds is 14. The molecule has 0 bridgehead atoms. The summed E-state index contributed by atoms with van der Waals surface area (Å²) in [5, 5.41) is 29.6. The van der Waals surface area contributed by atoms with Crippen molar-refractivity contribution in [2.45, 2.75) is 82.0 Å². The highest BCUT2D eigenvalue weighted by molar-refractivity contribution is 6.21. The second-order valence-corrected chi connectivity index (χ2v) is 8.42. The van der Waals surface area contributed by atoms with E-state index in [1.54, 1.807) is 19.1 Å². The molecule has 5 nitrogen and oxygen atoms in total. The van der Waals surface area contributed by atoms with Gasteiger partial charge in [-0.15, -0.1) is 11.6 Å². The molecule has 0 unspecified atom stereocenters. The van der Waals surface area contributed by atoms with Gasteiger partial charge in [0.05, 0.1) is 18.3 Å². The normalized spacial score (nSPS) is 26.8. The number of alkyl halides is 1. The maximum absolute atomic E-state index is 11.4. The SMILES string of the molecule is C=CCOC(=O)CCC/C=C\C[C@@H]1[C@@H](/C=C/[C@@H](O)CCC[C@@H](C)O)[C@H](O)C[C@H]1Cl. The number of carbonyl (C=O) groups excluding carboxylic acids is 1. The van der Waals surface area contributed by atoms with Crippen molar-refractivity contribution in [2.75, 3.05) is 6.61 Å². The Morgan fingerprint density at radius 2 is 2.03 bits per heavy atom. The van der Waals surface area contributed by atoms with Gasteiger partial charge in [-0.3, -0.25) is 4.79 Å². The van der Waals surface area contributed by atoms with Crippen LogP contribution in [0, 0.1) is 11.8 Å². The summed E-state index contributed by atoms with van der Waals surface area (Å²) >= 11 is 6.44. The van der Waals surface area contributed by atoms with Gasteiger partial charge in [-0.2, -0.15) is 0 Å². The third-order valence-electron chi connectivity index (χ3n) is 5.24. The molecule has 6 atom stereocenters. The summed E-state index contributed by atoms with van der Waals surface area (Å²) in [7, 11) is 0. The summed E-state index contributed by atoms with van der Waals surface area (Å²) in [5.41, 5.74) is 0. The molecular formula is C23H37ClO5. The fraction of sp³-hybridized carbons (Fsp3) is 0.696. The Hall–Kier alpha value is -1.14. The van der Waals surface area contributed by atoms with Gasteiger partial charge in [-0.1, -0.05) is 37.0 Å². The van der Waals surface area contributed by atoms with Gasteiger partial charge < -0.3 is 20.1 Å². The number of hydrogen-bond acceptors (Lipinski definition) is 5. The number of aliphatic hydroxyl groups is 3. The number of aliphatic hydroxyl groups excluding tert-OH is 3. The van der Waals surface area contributed by atoms with Crippen LogP contribution in [0.1, 0.15) is 58.3 Å². The first-order chi connectivity index (χ1) is 13.8. The van der Waals surface area contributed by atoms with Crippen LogP contribution in [0.3, 0.4) is 0 Å². The first-order valence-electron chi connectivity index (χ1n) is 10.6. The molecule has 0 heterocycles. The molecule has 0 aromatic carbocycles. The first kappa shape index (κ1) is 25.9. The van der Waals surface area contributed by atoms with Gasteiger partial charge in [0.2, 0.25) is 0 Å². The van der Waals surface area contributed by atoms with Gasteiger partial charge in [-0.25, -0.2) is 0 Å². The molecule has 1 saturated carbocycles. The highest BCUT2D eigenvalue weighted by Crippen LogP contribution is 2.39. The van der Waals surface area contributed by atoms with Crippen molar-refractivity contribution < 1.29 is 24.9 Å². The zero-order chi connectivity index (χ0) is 21.6. The lowest BCUT2D eigenvalue weighted by atomic mass is 9.90. The fourth-order valence-electron chi connectivity index (χ4n) is 3.60. The maximum Gasteiger partial charge on any atom is 0.306 e. The molecule has 29 heavy (non-hydrogen) atoms. The lowest BCUT2D eigenvalue weighted by Gasteiger charge is -2.19. The van der Waals surface area contributed by atoms with Gasteiger partial charge in [0, 0.05) is 17.7 Å². The van der Waals surface area contributed by atoms with Crippen molar-refractivity contribution in [3.8, 4) is 0 Å². The summed E-state index contributed by atoms with van der Waals surface area (Å²) < 4.78 is 4.93. The topological polar surface area (TPSA) is 87.0 Å². The monoisotopic (exact) mass is 428 g/mol. The highest BCUT2D eigenvalue weighted by Gasteiger charge is 2.39. The number of carbonyl (C=O) groups is 1. The molecule has 0 amide bonds. The third-order valence-corrected chi connectivity index (χ3v) is 5.74. The molecule has 0 spiro atoms. The molecule has 0 aromatic rings. The average molecular weight is 429 g/mol. The Kier molecular flexibility index (Phi) is 13.2. The van der Waals surface area contributed by atoms with E-state index in [9.17, 15) is 20.1 Å². The molecule has 1 aliphatic rings. The molecule has 1 rings (SSSR count). The van der Waals surface area contributed by atoms with Gasteiger partial charge in [0.1, 0.15) is 6.61 Å². The minimum atomic E-state index is -0.577. The fourth-order valence-corrected chi connectivity index (χ4v) is 4.05. The Labute approximate surface area is 180 Å². The number of halogens is 1. The second kappa shape index (κ2) is 14.8. The van der Waals surface area contributed by atoms with E-state index in [0.717, 1.165) is 25.7 Å². The smallest absolute Gasteiger partial charge is 0.306 e. The number of unbranched alkanes of at least 4 members (excludes halogenated alkanes) is 1. The van der Waals surface area contributed by atoms with Gasteiger partial charge >= 0.3 is 5.97 Å². The van der Waals surface area contributed by atoms with Crippen LogP contribution in [0.25, 0.3) is 0 Å². The Morgan fingerprint density at radius 3 is 2.72 bits per heavy atom. The van der Waals surface area contributed by atoms with Crippen LogP contribution in [0.15, 0.2) is 37.0 Å². The highest BCUT2D eigenvalue weighted by atomic mass is 35.5. The number of esters is 1. The van der Waals surface area contributed by atoms with Crippen LogP contribution in [-0.4, -0.2) is 51.6 Å². The second-order valence-electron chi connectivity index (χ2n) is 7.86. The van der Waals surface area contributed by atoms with E-state index in [2.05, 4.69) is 12.7 Å². The summed E-state index contributed by atoms with van der Waals surface area (Å²) in [6.45, 7) is 5.50. The number of allylic oxidation sites excluding steroid dienone is 2. The van der Waals surface area contributed by atoms with Gasteiger partial charge in [0.15, 0.2) is 0 Å². The third kappa shape index (κ3) is 11.0. The van der Waals surface area contributed by atoms with E-state index < -0.39 is 12.2 Å².